The number of phenolic OH excluding ortho intramolecular Hbond substituents is 1. The molecule has 0 saturated heterocycles. The number of ether oxygens (including phenoxy) is 1. The Bertz CT molecular complexity index is 1300. The summed E-state index contributed by atoms with van der Waals surface area (Å²) in [6.45, 7) is 7.71. The fourth-order valence-corrected chi connectivity index (χ4v) is 4.11. The van der Waals surface area contributed by atoms with E-state index in [0.717, 1.165) is 10.8 Å². The van der Waals surface area contributed by atoms with Crippen LogP contribution in [0, 0.1) is 0 Å². The number of aliphatic hydroxyl groups is 1. The molecule has 9 nitrogen and oxygen atoms in total. The van der Waals surface area contributed by atoms with Gasteiger partial charge in [-0.1, -0.05) is 48.5 Å². The molecule has 2 unspecified atom stereocenters. The Morgan fingerprint density at radius 1 is 0.947 bits per heavy atom. The lowest BCUT2D eigenvalue weighted by Gasteiger charge is -2.37. The number of nitrogens with one attached hydrogen (secondary N) is 2. The predicted octanol–water partition coefficient (Wildman–Crippen LogP) is 4.35. The van der Waals surface area contributed by atoms with Gasteiger partial charge in [0.05, 0.1) is 6.61 Å². The third-order valence-electron chi connectivity index (χ3n) is 5.76. The average Bonchev–Trinajstić information content (AvgIpc) is 2.84. The van der Waals surface area contributed by atoms with Gasteiger partial charge in [-0.2, -0.15) is 0 Å². The molecule has 0 aliphatic rings. The van der Waals surface area contributed by atoms with Gasteiger partial charge in [-0.15, -0.1) is 0 Å². The summed E-state index contributed by atoms with van der Waals surface area (Å²) >= 11 is 0. The van der Waals surface area contributed by atoms with Crippen LogP contribution in [0.1, 0.15) is 46.2 Å². The third kappa shape index (κ3) is 7.01. The van der Waals surface area contributed by atoms with Crippen LogP contribution in [0.25, 0.3) is 10.8 Å². The van der Waals surface area contributed by atoms with Crippen LogP contribution >= 0.6 is 0 Å². The quantitative estimate of drug-likeness (QED) is 0.349. The number of nitrogens with zero attached hydrogens (tertiary/aromatic N) is 1. The molecule has 0 fully saturated rings. The Morgan fingerprint density at radius 3 is 2.18 bits per heavy atom. The second-order valence-corrected chi connectivity index (χ2v) is 10.2. The summed E-state index contributed by atoms with van der Waals surface area (Å²) in [6, 6.07) is 16.2. The summed E-state index contributed by atoms with van der Waals surface area (Å²) in [5.74, 6) is -1.46. The third-order valence-corrected chi connectivity index (χ3v) is 5.76. The van der Waals surface area contributed by atoms with Crippen LogP contribution in [0.5, 0.6) is 5.75 Å². The van der Waals surface area contributed by atoms with Crippen LogP contribution in [-0.2, 0) is 14.3 Å². The van der Waals surface area contributed by atoms with E-state index in [1.807, 2.05) is 36.4 Å². The Morgan fingerprint density at radius 2 is 1.58 bits per heavy atom. The standard InChI is InChI=1S/C29H35N3O6/c1-18(2)32(27(36)23(17-33)31-28(37)38-29(3,4)5)25(22-12-8-9-13-24(22)34)26(35)30-21-15-14-19-10-6-7-11-20(19)16-21/h6-16,18,23,25,33-34H,17H2,1-5H3,(H,30,35)(H,31,37). The molecule has 3 amide bonds. The number of benzene rings is 3. The number of amides is 3. The van der Waals surface area contributed by atoms with Crippen molar-refractivity contribution in [1.82, 2.24) is 10.2 Å². The van der Waals surface area contributed by atoms with Crippen molar-refractivity contribution in [2.75, 3.05) is 11.9 Å². The highest BCUT2D eigenvalue weighted by atomic mass is 16.6. The van der Waals surface area contributed by atoms with Gasteiger partial charge in [-0.3, -0.25) is 9.59 Å². The zero-order chi connectivity index (χ0) is 28.0. The first-order valence-electron chi connectivity index (χ1n) is 12.4. The van der Waals surface area contributed by atoms with E-state index in [1.165, 1.54) is 11.0 Å². The van der Waals surface area contributed by atoms with Crippen molar-refractivity contribution in [1.29, 1.82) is 0 Å². The van der Waals surface area contributed by atoms with E-state index in [2.05, 4.69) is 10.6 Å². The number of hydrogen-bond donors (Lipinski definition) is 4. The van der Waals surface area contributed by atoms with Crippen molar-refractivity contribution in [3.63, 3.8) is 0 Å². The Balaban J connectivity index is 1.98. The second kappa shape index (κ2) is 12.0. The summed E-state index contributed by atoms with van der Waals surface area (Å²) in [6.07, 6.45) is -0.881. The minimum Gasteiger partial charge on any atom is -0.508 e. The minimum atomic E-state index is -1.38. The average molecular weight is 522 g/mol. The Kier molecular flexibility index (Phi) is 8.96. The van der Waals surface area contributed by atoms with Crippen LogP contribution < -0.4 is 10.6 Å². The van der Waals surface area contributed by atoms with Gasteiger partial charge in [-0.25, -0.2) is 4.79 Å². The number of hydrogen-bond acceptors (Lipinski definition) is 6. The number of aromatic hydroxyl groups is 1. The molecule has 0 aliphatic carbocycles. The van der Waals surface area contributed by atoms with Gasteiger partial charge in [0, 0.05) is 17.3 Å². The first kappa shape index (κ1) is 28.5. The van der Waals surface area contributed by atoms with E-state index in [9.17, 15) is 24.6 Å². The van der Waals surface area contributed by atoms with Crippen molar-refractivity contribution >= 4 is 34.4 Å². The van der Waals surface area contributed by atoms with Crippen LogP contribution in [0.2, 0.25) is 0 Å². The Labute approximate surface area is 222 Å². The van der Waals surface area contributed by atoms with Crippen molar-refractivity contribution in [2.24, 2.45) is 0 Å². The zero-order valence-corrected chi connectivity index (χ0v) is 22.3. The summed E-state index contributed by atoms with van der Waals surface area (Å²) in [4.78, 5) is 41.1. The highest BCUT2D eigenvalue weighted by Gasteiger charge is 2.38. The molecule has 3 aromatic carbocycles. The fraction of sp³-hybridized carbons (Fsp3) is 0.345. The minimum absolute atomic E-state index is 0.176. The van der Waals surface area contributed by atoms with Gasteiger partial charge in [0.25, 0.3) is 5.91 Å². The predicted molar refractivity (Wildman–Crippen MR) is 146 cm³/mol. The SMILES string of the molecule is CC(C)N(C(=O)C(CO)NC(=O)OC(C)(C)C)C(C(=O)Nc1ccc2ccccc2c1)c1ccccc1O. The van der Waals surface area contributed by atoms with Gasteiger partial charge in [-0.05, 0) is 63.6 Å². The van der Waals surface area contributed by atoms with Gasteiger partial charge in [0.15, 0.2) is 0 Å². The van der Waals surface area contributed by atoms with Crippen LogP contribution in [0.3, 0.4) is 0 Å². The van der Waals surface area contributed by atoms with Gasteiger partial charge < -0.3 is 30.5 Å². The number of carbonyl (C=O) groups is 3. The lowest BCUT2D eigenvalue weighted by molar-refractivity contribution is -0.143. The second-order valence-electron chi connectivity index (χ2n) is 10.2. The Hall–Kier alpha value is -4.11. The lowest BCUT2D eigenvalue weighted by Crippen LogP contribution is -2.55. The molecular weight excluding hydrogens is 486 g/mol. The van der Waals surface area contributed by atoms with Gasteiger partial charge >= 0.3 is 6.09 Å². The molecule has 202 valence electrons. The van der Waals surface area contributed by atoms with E-state index in [-0.39, 0.29) is 11.3 Å². The number of aliphatic hydroxyl groups excluding tert-OH is 1. The topological polar surface area (TPSA) is 128 Å². The van der Waals surface area contributed by atoms with E-state index >= 15 is 0 Å². The number of fused-ring (bicyclic) bond motifs is 1. The van der Waals surface area contributed by atoms with E-state index in [1.54, 1.807) is 58.9 Å². The summed E-state index contributed by atoms with van der Waals surface area (Å²) < 4.78 is 5.24. The maximum absolute atomic E-state index is 13.8. The largest absolute Gasteiger partial charge is 0.508 e. The molecular formula is C29H35N3O6. The van der Waals surface area contributed by atoms with Crippen LogP contribution in [-0.4, -0.2) is 57.3 Å². The van der Waals surface area contributed by atoms with E-state index in [4.69, 9.17) is 4.74 Å². The maximum Gasteiger partial charge on any atom is 0.408 e. The van der Waals surface area contributed by atoms with Gasteiger partial charge in [0.2, 0.25) is 5.91 Å². The monoisotopic (exact) mass is 521 g/mol. The molecule has 0 radical (unpaired) electrons. The molecule has 4 N–H and O–H groups in total. The summed E-state index contributed by atoms with van der Waals surface area (Å²) in [5.41, 5.74) is -0.110. The number of anilines is 1. The van der Waals surface area contributed by atoms with Crippen molar-refractivity contribution < 1.29 is 29.3 Å². The normalized spacial score (nSPS) is 13.0. The first-order chi connectivity index (χ1) is 17.9. The molecule has 38 heavy (non-hydrogen) atoms. The van der Waals surface area contributed by atoms with E-state index < -0.39 is 48.2 Å². The first-order valence-corrected chi connectivity index (χ1v) is 12.4. The summed E-state index contributed by atoms with van der Waals surface area (Å²) in [5, 5.41) is 27.8. The molecule has 3 aromatic rings. The van der Waals surface area contributed by atoms with Crippen LogP contribution in [0.15, 0.2) is 66.7 Å². The molecule has 0 heterocycles. The summed E-state index contributed by atoms with van der Waals surface area (Å²) in [7, 11) is 0. The van der Waals surface area contributed by atoms with E-state index in [0.29, 0.717) is 5.69 Å². The van der Waals surface area contributed by atoms with Crippen LogP contribution in [0.4, 0.5) is 10.5 Å². The highest BCUT2D eigenvalue weighted by Crippen LogP contribution is 2.32. The van der Waals surface area contributed by atoms with Crippen molar-refractivity contribution in [2.45, 2.75) is 58.3 Å². The molecule has 0 saturated carbocycles. The number of rotatable bonds is 8. The number of carbonyl (C=O) groups excluding carboxylic acids is 3. The van der Waals surface area contributed by atoms with Crippen molar-refractivity contribution in [3.05, 3.63) is 72.3 Å². The fourth-order valence-electron chi connectivity index (χ4n) is 4.11. The van der Waals surface area contributed by atoms with Gasteiger partial charge in [0.1, 0.15) is 23.4 Å². The molecule has 0 spiro atoms. The molecule has 9 heteroatoms. The maximum atomic E-state index is 13.8. The molecule has 0 aromatic heterocycles. The number of para-hydroxylation sites is 1. The zero-order valence-electron chi connectivity index (χ0n) is 22.3. The molecule has 0 aliphatic heterocycles. The number of alkyl carbamates (subject to hydrolysis) is 1. The van der Waals surface area contributed by atoms with Crippen molar-refractivity contribution in [3.8, 4) is 5.75 Å². The molecule has 0 bridgehead atoms. The molecule has 3 rings (SSSR count). The highest BCUT2D eigenvalue weighted by molar-refractivity contribution is 6.00. The number of phenols is 1. The lowest BCUT2D eigenvalue weighted by atomic mass is 10.00. The smallest absolute Gasteiger partial charge is 0.408 e. The molecule has 2 atom stereocenters.